The molecule has 62 valence electrons. The highest BCUT2D eigenvalue weighted by Gasteiger charge is 2.00. The van der Waals surface area contributed by atoms with Gasteiger partial charge in [-0.05, 0) is 0 Å². The van der Waals surface area contributed by atoms with Crippen molar-refractivity contribution in [2.75, 3.05) is 0 Å². The van der Waals surface area contributed by atoms with E-state index in [-0.39, 0.29) is 6.61 Å². The van der Waals surface area contributed by atoms with Gasteiger partial charge in [-0.2, -0.15) is 5.10 Å². The van der Waals surface area contributed by atoms with E-state index in [0.717, 1.165) is 0 Å². The average molecular weight is 184 g/mol. The summed E-state index contributed by atoms with van der Waals surface area (Å²) in [5.41, 5.74) is 1.27. The largest absolute Gasteiger partial charge is 0.390 e. The fraction of sp³-hybridized carbons (Fsp3) is 0.143. The highest BCUT2D eigenvalue weighted by molar-refractivity contribution is 6.30. The average Bonchev–Trinajstić information content (AvgIpc) is 2.46. The van der Waals surface area contributed by atoms with Crippen LogP contribution in [0.2, 0.25) is 5.02 Å². The van der Waals surface area contributed by atoms with Crippen molar-refractivity contribution >= 4 is 17.2 Å². The molecule has 2 rings (SSSR count). The zero-order valence-corrected chi connectivity index (χ0v) is 6.86. The summed E-state index contributed by atoms with van der Waals surface area (Å²) in [4.78, 5) is 4.01. The van der Waals surface area contributed by atoms with Crippen LogP contribution in [0.4, 0.5) is 0 Å². The van der Waals surface area contributed by atoms with Gasteiger partial charge in [0.1, 0.15) is 0 Å². The van der Waals surface area contributed by atoms with Gasteiger partial charge >= 0.3 is 0 Å². The number of halogens is 1. The van der Waals surface area contributed by atoms with Crippen molar-refractivity contribution in [3.63, 3.8) is 0 Å². The van der Waals surface area contributed by atoms with E-state index in [2.05, 4.69) is 10.1 Å². The van der Waals surface area contributed by atoms with Crippen LogP contribution in [0.3, 0.4) is 0 Å². The Hall–Kier alpha value is -1.13. The molecule has 0 aliphatic rings. The summed E-state index contributed by atoms with van der Waals surface area (Å²) in [6.07, 6.45) is 3.18. The van der Waals surface area contributed by atoms with Gasteiger partial charge in [0, 0.05) is 12.3 Å². The number of aliphatic hydroxyl groups excluding tert-OH is 1. The van der Waals surface area contributed by atoms with Crippen LogP contribution in [0.1, 0.15) is 5.69 Å². The molecular weight excluding hydrogens is 178 g/mol. The van der Waals surface area contributed by atoms with Gasteiger partial charge in [0.15, 0.2) is 5.65 Å². The zero-order valence-electron chi connectivity index (χ0n) is 6.11. The first kappa shape index (κ1) is 7.52. The molecule has 2 aromatic heterocycles. The van der Waals surface area contributed by atoms with Crippen LogP contribution in [0, 0.1) is 0 Å². The molecule has 5 heteroatoms. The number of hydrogen-bond acceptors (Lipinski definition) is 3. The molecule has 0 unspecified atom stereocenters. The monoisotopic (exact) mass is 183 g/mol. The van der Waals surface area contributed by atoms with Gasteiger partial charge in [-0.15, -0.1) is 0 Å². The second kappa shape index (κ2) is 2.73. The van der Waals surface area contributed by atoms with Gasteiger partial charge in [-0.1, -0.05) is 11.6 Å². The van der Waals surface area contributed by atoms with Crippen molar-refractivity contribution in [3.8, 4) is 0 Å². The summed E-state index contributed by atoms with van der Waals surface area (Å²) in [7, 11) is 0. The Labute approximate surface area is 73.4 Å². The molecule has 12 heavy (non-hydrogen) atoms. The van der Waals surface area contributed by atoms with E-state index in [1.165, 1.54) is 4.52 Å². The van der Waals surface area contributed by atoms with Crippen LogP contribution in [-0.2, 0) is 6.61 Å². The Kier molecular flexibility index (Phi) is 1.71. The molecule has 0 atom stereocenters. The summed E-state index contributed by atoms with van der Waals surface area (Å²) in [5.74, 6) is 0. The lowest BCUT2D eigenvalue weighted by molar-refractivity contribution is 0.276. The summed E-state index contributed by atoms with van der Waals surface area (Å²) >= 11 is 5.69. The van der Waals surface area contributed by atoms with E-state index in [0.29, 0.717) is 16.4 Å². The summed E-state index contributed by atoms with van der Waals surface area (Å²) in [6, 6.07) is 1.70. The van der Waals surface area contributed by atoms with Crippen molar-refractivity contribution in [1.29, 1.82) is 0 Å². The van der Waals surface area contributed by atoms with Crippen molar-refractivity contribution in [1.82, 2.24) is 14.6 Å². The fourth-order valence-electron chi connectivity index (χ4n) is 0.980. The SMILES string of the molecule is OCc1cc2ncc(Cl)cn2n1. The van der Waals surface area contributed by atoms with E-state index < -0.39 is 0 Å². The van der Waals surface area contributed by atoms with Crippen LogP contribution in [0.25, 0.3) is 5.65 Å². The lowest BCUT2D eigenvalue weighted by Crippen LogP contribution is -1.89. The zero-order chi connectivity index (χ0) is 8.55. The highest BCUT2D eigenvalue weighted by Crippen LogP contribution is 2.08. The molecule has 0 amide bonds. The van der Waals surface area contributed by atoms with Crippen molar-refractivity contribution < 1.29 is 5.11 Å². The van der Waals surface area contributed by atoms with Gasteiger partial charge in [0.25, 0.3) is 0 Å². The Morgan fingerprint density at radius 2 is 2.42 bits per heavy atom. The molecule has 0 bridgehead atoms. The molecule has 0 radical (unpaired) electrons. The Balaban J connectivity index is 2.67. The summed E-state index contributed by atoms with van der Waals surface area (Å²) in [6.45, 7) is -0.0824. The number of rotatable bonds is 1. The maximum absolute atomic E-state index is 8.77. The Morgan fingerprint density at radius 3 is 3.17 bits per heavy atom. The molecule has 2 heterocycles. The molecule has 0 saturated heterocycles. The van der Waals surface area contributed by atoms with Gasteiger partial charge in [0.2, 0.25) is 0 Å². The smallest absolute Gasteiger partial charge is 0.155 e. The third-order valence-electron chi connectivity index (χ3n) is 1.49. The fourth-order valence-corrected chi connectivity index (χ4v) is 1.12. The van der Waals surface area contributed by atoms with Gasteiger partial charge in [-0.3, -0.25) is 0 Å². The van der Waals surface area contributed by atoms with E-state index in [1.807, 2.05) is 0 Å². The lowest BCUT2D eigenvalue weighted by Gasteiger charge is -1.90. The van der Waals surface area contributed by atoms with Crippen molar-refractivity contribution in [2.45, 2.75) is 6.61 Å². The van der Waals surface area contributed by atoms with E-state index >= 15 is 0 Å². The first-order valence-electron chi connectivity index (χ1n) is 3.40. The third kappa shape index (κ3) is 1.15. The standard InChI is InChI=1S/C7H6ClN3O/c8-5-2-9-7-1-6(4-12)10-11(7)3-5/h1-3,12H,4H2. The maximum Gasteiger partial charge on any atom is 0.155 e. The van der Waals surface area contributed by atoms with Crippen LogP contribution in [0.15, 0.2) is 18.5 Å². The molecule has 0 aliphatic carbocycles. The van der Waals surface area contributed by atoms with E-state index in [4.69, 9.17) is 16.7 Å². The van der Waals surface area contributed by atoms with Gasteiger partial charge in [0.05, 0.1) is 23.5 Å². The number of fused-ring (bicyclic) bond motifs is 1. The van der Waals surface area contributed by atoms with Crippen LogP contribution in [-0.4, -0.2) is 19.7 Å². The second-order valence-corrected chi connectivity index (χ2v) is 2.81. The summed E-state index contributed by atoms with van der Waals surface area (Å²) in [5, 5.41) is 13.3. The summed E-state index contributed by atoms with van der Waals surface area (Å²) < 4.78 is 1.54. The maximum atomic E-state index is 8.77. The number of aliphatic hydroxyl groups is 1. The van der Waals surface area contributed by atoms with Crippen molar-refractivity contribution in [2.24, 2.45) is 0 Å². The molecule has 1 N–H and O–H groups in total. The number of hydrogen-bond donors (Lipinski definition) is 1. The molecule has 0 saturated carbocycles. The van der Waals surface area contributed by atoms with E-state index in [9.17, 15) is 0 Å². The normalized spacial score (nSPS) is 10.8. The van der Waals surface area contributed by atoms with Gasteiger partial charge in [-0.25, -0.2) is 9.50 Å². The molecular formula is C7H6ClN3O. The van der Waals surface area contributed by atoms with Crippen LogP contribution < -0.4 is 0 Å². The topological polar surface area (TPSA) is 50.4 Å². The van der Waals surface area contributed by atoms with E-state index in [1.54, 1.807) is 18.5 Å². The first-order valence-corrected chi connectivity index (χ1v) is 3.78. The molecule has 4 nitrogen and oxygen atoms in total. The number of nitrogens with zero attached hydrogens (tertiary/aromatic N) is 3. The van der Waals surface area contributed by atoms with Crippen LogP contribution >= 0.6 is 11.6 Å². The minimum Gasteiger partial charge on any atom is -0.390 e. The Morgan fingerprint density at radius 1 is 1.58 bits per heavy atom. The highest BCUT2D eigenvalue weighted by atomic mass is 35.5. The predicted octanol–water partition coefficient (Wildman–Crippen LogP) is 0.875. The minimum absolute atomic E-state index is 0.0824. The minimum atomic E-state index is -0.0824. The quantitative estimate of drug-likeness (QED) is 0.714. The first-order chi connectivity index (χ1) is 5.79. The molecule has 0 spiro atoms. The molecule has 0 aromatic carbocycles. The second-order valence-electron chi connectivity index (χ2n) is 2.37. The third-order valence-corrected chi connectivity index (χ3v) is 1.69. The molecule has 0 fully saturated rings. The number of aromatic nitrogens is 3. The molecule has 2 aromatic rings. The Bertz CT molecular complexity index is 412. The van der Waals surface area contributed by atoms with Crippen molar-refractivity contribution in [3.05, 3.63) is 29.2 Å². The predicted molar refractivity (Wildman–Crippen MR) is 43.9 cm³/mol. The lowest BCUT2D eigenvalue weighted by atomic mass is 10.4. The van der Waals surface area contributed by atoms with Crippen LogP contribution in [0.5, 0.6) is 0 Å². The molecule has 0 aliphatic heterocycles. The van der Waals surface area contributed by atoms with Gasteiger partial charge < -0.3 is 5.11 Å².